The molecule has 5 heteroatoms. The first-order chi connectivity index (χ1) is 10.6. The minimum atomic E-state index is -0.0682. The summed E-state index contributed by atoms with van der Waals surface area (Å²) in [6.07, 6.45) is 5.40. The van der Waals surface area contributed by atoms with Crippen LogP contribution in [0.4, 0.5) is 4.79 Å². The van der Waals surface area contributed by atoms with Gasteiger partial charge in [-0.3, -0.25) is 0 Å². The van der Waals surface area contributed by atoms with Crippen molar-refractivity contribution in [2.45, 2.75) is 44.0 Å². The molecule has 0 aliphatic heterocycles. The van der Waals surface area contributed by atoms with E-state index in [1.807, 2.05) is 43.0 Å². The molecule has 0 unspecified atom stereocenters. The first-order valence-corrected chi connectivity index (χ1v) is 9.15. The molecule has 0 bridgehead atoms. The molecular weight excluding hydrogens is 296 g/mol. The van der Waals surface area contributed by atoms with E-state index in [1.54, 1.807) is 4.90 Å². The Bertz CT molecular complexity index is 478. The van der Waals surface area contributed by atoms with Gasteiger partial charge in [-0.05, 0) is 38.0 Å². The number of nitrogens with one attached hydrogen (secondary N) is 1. The largest absolute Gasteiger partial charge is 0.395 e. The molecule has 4 nitrogen and oxygen atoms in total. The van der Waals surface area contributed by atoms with Crippen LogP contribution in [0.5, 0.6) is 0 Å². The molecule has 2 N–H and O–H groups in total. The molecule has 0 aromatic heterocycles. The lowest BCUT2D eigenvalue weighted by molar-refractivity contribution is 0.171. The normalized spacial score (nSPS) is 20.9. The number of hydrogen-bond acceptors (Lipinski definition) is 3. The fraction of sp³-hybridized carbons (Fsp3) is 0.588. The van der Waals surface area contributed by atoms with Crippen molar-refractivity contribution < 1.29 is 9.90 Å². The SMILES string of the molecule is CS[C@H]1CC[C@@H](NC(=O)N(CCO)Cc2ccc(C)cc2)C1. The third-order valence-corrected chi connectivity index (χ3v) is 5.29. The summed E-state index contributed by atoms with van der Waals surface area (Å²) in [5, 5.41) is 13.0. The molecule has 0 saturated heterocycles. The number of carbonyl (C=O) groups excluding carboxylic acids is 1. The van der Waals surface area contributed by atoms with Gasteiger partial charge in [0.2, 0.25) is 0 Å². The molecule has 122 valence electrons. The van der Waals surface area contributed by atoms with Crippen molar-refractivity contribution in [1.82, 2.24) is 10.2 Å². The number of hydrogen-bond donors (Lipinski definition) is 2. The van der Waals surface area contributed by atoms with Crippen LogP contribution in [-0.4, -0.2) is 46.7 Å². The third-order valence-electron chi connectivity index (χ3n) is 4.20. The Morgan fingerprint density at radius 3 is 2.68 bits per heavy atom. The fourth-order valence-corrected chi connectivity index (χ4v) is 3.63. The molecule has 1 aromatic rings. The fourth-order valence-electron chi connectivity index (χ4n) is 2.84. The van der Waals surface area contributed by atoms with E-state index < -0.39 is 0 Å². The number of nitrogens with zero attached hydrogens (tertiary/aromatic N) is 1. The number of rotatable bonds is 6. The summed E-state index contributed by atoms with van der Waals surface area (Å²) >= 11 is 1.88. The number of aliphatic hydroxyl groups is 1. The maximum Gasteiger partial charge on any atom is 0.317 e. The molecule has 0 spiro atoms. The highest BCUT2D eigenvalue weighted by molar-refractivity contribution is 7.99. The number of thioether (sulfide) groups is 1. The molecule has 2 atom stereocenters. The molecule has 0 radical (unpaired) electrons. The molecule has 1 aromatic carbocycles. The van der Waals surface area contributed by atoms with Crippen LogP contribution in [0.1, 0.15) is 30.4 Å². The number of urea groups is 1. The molecule has 1 fully saturated rings. The molecule has 22 heavy (non-hydrogen) atoms. The van der Waals surface area contributed by atoms with E-state index in [1.165, 1.54) is 12.0 Å². The topological polar surface area (TPSA) is 52.6 Å². The summed E-state index contributed by atoms with van der Waals surface area (Å²) in [5.41, 5.74) is 2.29. The zero-order chi connectivity index (χ0) is 15.9. The van der Waals surface area contributed by atoms with Gasteiger partial charge < -0.3 is 15.3 Å². The number of benzene rings is 1. The van der Waals surface area contributed by atoms with E-state index >= 15 is 0 Å². The Morgan fingerprint density at radius 1 is 1.36 bits per heavy atom. The van der Waals surface area contributed by atoms with Gasteiger partial charge in [-0.2, -0.15) is 11.8 Å². The zero-order valence-corrected chi connectivity index (χ0v) is 14.2. The summed E-state index contributed by atoms with van der Waals surface area (Å²) in [5.74, 6) is 0. The first kappa shape index (κ1) is 17.2. The maximum atomic E-state index is 12.5. The third kappa shape index (κ3) is 4.92. The molecule has 0 heterocycles. The molecule has 2 rings (SSSR count). The lowest BCUT2D eigenvalue weighted by atomic mass is 10.1. The summed E-state index contributed by atoms with van der Waals surface area (Å²) in [4.78, 5) is 14.1. The molecular formula is C17H26N2O2S. The predicted octanol–water partition coefficient (Wildman–Crippen LogP) is 2.78. The standard InChI is InChI=1S/C17H26N2O2S/c1-13-3-5-14(6-4-13)12-19(9-10-20)17(21)18-15-7-8-16(11-15)22-2/h3-6,15-16,20H,7-12H2,1-2H3,(H,18,21)/t15-,16+/m1/s1. The van der Waals surface area contributed by atoms with Crippen LogP contribution in [0.25, 0.3) is 0 Å². The lowest BCUT2D eigenvalue weighted by Crippen LogP contribution is -2.44. The highest BCUT2D eigenvalue weighted by Gasteiger charge is 2.26. The van der Waals surface area contributed by atoms with Crippen LogP contribution in [0, 0.1) is 6.92 Å². The van der Waals surface area contributed by atoms with Crippen LogP contribution in [-0.2, 0) is 6.54 Å². The second-order valence-electron chi connectivity index (χ2n) is 5.95. The van der Waals surface area contributed by atoms with Crippen molar-refractivity contribution in [1.29, 1.82) is 0 Å². The van der Waals surface area contributed by atoms with Gasteiger partial charge >= 0.3 is 6.03 Å². The minimum absolute atomic E-state index is 0.0165. The van der Waals surface area contributed by atoms with Crippen molar-refractivity contribution >= 4 is 17.8 Å². The second kappa shape index (κ2) is 8.44. The Kier molecular flexibility index (Phi) is 6.58. The van der Waals surface area contributed by atoms with E-state index in [2.05, 4.69) is 11.6 Å². The van der Waals surface area contributed by atoms with Gasteiger partial charge in [-0.25, -0.2) is 4.79 Å². The highest BCUT2D eigenvalue weighted by atomic mass is 32.2. The van der Waals surface area contributed by atoms with E-state index in [0.717, 1.165) is 18.4 Å². The Hall–Kier alpha value is -1.20. The Morgan fingerprint density at radius 2 is 2.09 bits per heavy atom. The van der Waals surface area contributed by atoms with Gasteiger partial charge in [0.25, 0.3) is 0 Å². The van der Waals surface area contributed by atoms with Gasteiger partial charge in [-0.1, -0.05) is 29.8 Å². The van der Waals surface area contributed by atoms with Gasteiger partial charge in [0.15, 0.2) is 0 Å². The quantitative estimate of drug-likeness (QED) is 0.847. The minimum Gasteiger partial charge on any atom is -0.395 e. The number of carbonyl (C=O) groups is 1. The average Bonchev–Trinajstić information content (AvgIpc) is 2.96. The predicted molar refractivity (Wildman–Crippen MR) is 92.1 cm³/mol. The summed E-state index contributed by atoms with van der Waals surface area (Å²) in [7, 11) is 0. The maximum absolute atomic E-state index is 12.5. The van der Waals surface area contributed by atoms with E-state index in [-0.39, 0.29) is 18.7 Å². The van der Waals surface area contributed by atoms with Crippen LogP contribution in [0.3, 0.4) is 0 Å². The van der Waals surface area contributed by atoms with Crippen LogP contribution < -0.4 is 5.32 Å². The number of aliphatic hydroxyl groups excluding tert-OH is 1. The molecule has 2 amide bonds. The summed E-state index contributed by atoms with van der Waals surface area (Å²) in [6.45, 7) is 2.92. The van der Waals surface area contributed by atoms with Crippen LogP contribution in [0.2, 0.25) is 0 Å². The van der Waals surface area contributed by atoms with E-state index in [0.29, 0.717) is 18.3 Å². The van der Waals surface area contributed by atoms with Crippen LogP contribution in [0.15, 0.2) is 24.3 Å². The number of aryl methyl sites for hydroxylation is 1. The Balaban J connectivity index is 1.92. The van der Waals surface area contributed by atoms with Gasteiger partial charge in [-0.15, -0.1) is 0 Å². The smallest absolute Gasteiger partial charge is 0.317 e. The second-order valence-corrected chi connectivity index (χ2v) is 7.09. The van der Waals surface area contributed by atoms with Crippen molar-refractivity contribution in [3.8, 4) is 0 Å². The monoisotopic (exact) mass is 322 g/mol. The average molecular weight is 322 g/mol. The molecule has 1 aliphatic carbocycles. The summed E-state index contributed by atoms with van der Waals surface area (Å²) in [6, 6.07) is 8.36. The van der Waals surface area contributed by atoms with Gasteiger partial charge in [0, 0.05) is 24.4 Å². The lowest BCUT2D eigenvalue weighted by Gasteiger charge is -2.24. The van der Waals surface area contributed by atoms with E-state index in [4.69, 9.17) is 0 Å². The molecule has 1 aliphatic rings. The van der Waals surface area contributed by atoms with Gasteiger partial charge in [0.05, 0.1) is 6.61 Å². The van der Waals surface area contributed by atoms with Crippen molar-refractivity contribution in [3.05, 3.63) is 35.4 Å². The first-order valence-electron chi connectivity index (χ1n) is 7.87. The van der Waals surface area contributed by atoms with Gasteiger partial charge in [0.1, 0.15) is 0 Å². The van der Waals surface area contributed by atoms with Crippen molar-refractivity contribution in [2.24, 2.45) is 0 Å². The summed E-state index contributed by atoms with van der Waals surface area (Å²) < 4.78 is 0. The number of amides is 2. The van der Waals surface area contributed by atoms with Crippen molar-refractivity contribution in [3.63, 3.8) is 0 Å². The highest BCUT2D eigenvalue weighted by Crippen LogP contribution is 2.28. The van der Waals surface area contributed by atoms with Crippen LogP contribution >= 0.6 is 11.8 Å². The zero-order valence-electron chi connectivity index (χ0n) is 13.4. The molecule has 1 saturated carbocycles. The van der Waals surface area contributed by atoms with Crippen molar-refractivity contribution in [2.75, 3.05) is 19.4 Å². The van der Waals surface area contributed by atoms with E-state index in [9.17, 15) is 9.90 Å². The Labute approximate surface area is 137 Å².